The largest absolute Gasteiger partial charge is 0.398 e. The van der Waals surface area contributed by atoms with Crippen LogP contribution in [0.5, 0.6) is 0 Å². The zero-order chi connectivity index (χ0) is 14.7. The predicted molar refractivity (Wildman–Crippen MR) is 87.1 cm³/mol. The van der Waals surface area contributed by atoms with E-state index in [4.69, 9.17) is 5.73 Å². The van der Waals surface area contributed by atoms with Crippen molar-refractivity contribution in [1.82, 2.24) is 0 Å². The summed E-state index contributed by atoms with van der Waals surface area (Å²) < 4.78 is 0.843. The van der Waals surface area contributed by atoms with Gasteiger partial charge >= 0.3 is 0 Å². The van der Waals surface area contributed by atoms with E-state index in [0.717, 1.165) is 15.7 Å². The maximum absolute atomic E-state index is 12.7. The Morgan fingerprint density at radius 1 is 1.25 bits per heavy atom. The van der Waals surface area contributed by atoms with Crippen molar-refractivity contribution in [3.05, 3.63) is 58.1 Å². The van der Waals surface area contributed by atoms with Crippen LogP contribution in [0.2, 0.25) is 0 Å². The fourth-order valence-corrected chi connectivity index (χ4v) is 2.46. The van der Waals surface area contributed by atoms with Crippen molar-refractivity contribution < 1.29 is 4.79 Å². The van der Waals surface area contributed by atoms with Crippen LogP contribution in [-0.4, -0.2) is 12.5 Å². The highest BCUT2D eigenvalue weighted by Crippen LogP contribution is 2.23. The molecule has 0 aliphatic heterocycles. The SMILES string of the molecule is CCN(C(=O)c1cc(Br)ccc1N)c1cccc(C)c1. The number of nitrogens with zero attached hydrogens (tertiary/aromatic N) is 1. The lowest BCUT2D eigenvalue weighted by Gasteiger charge is -2.22. The summed E-state index contributed by atoms with van der Waals surface area (Å²) >= 11 is 3.38. The number of halogens is 1. The van der Waals surface area contributed by atoms with Crippen molar-refractivity contribution in [2.24, 2.45) is 0 Å². The summed E-state index contributed by atoms with van der Waals surface area (Å²) in [5.41, 5.74) is 8.94. The van der Waals surface area contributed by atoms with E-state index in [2.05, 4.69) is 15.9 Å². The molecule has 4 heteroatoms. The summed E-state index contributed by atoms with van der Waals surface area (Å²) in [5, 5.41) is 0. The molecule has 2 aromatic rings. The number of anilines is 2. The summed E-state index contributed by atoms with van der Waals surface area (Å²) in [4.78, 5) is 14.4. The van der Waals surface area contributed by atoms with Crippen molar-refractivity contribution in [1.29, 1.82) is 0 Å². The minimum absolute atomic E-state index is 0.0862. The number of hydrogen-bond acceptors (Lipinski definition) is 2. The molecule has 3 nitrogen and oxygen atoms in total. The van der Waals surface area contributed by atoms with Crippen molar-refractivity contribution in [3.63, 3.8) is 0 Å². The number of nitrogen functional groups attached to an aromatic ring is 1. The molecule has 1 amide bonds. The summed E-state index contributed by atoms with van der Waals surface area (Å²) in [6.45, 7) is 4.55. The van der Waals surface area contributed by atoms with E-state index in [1.54, 1.807) is 17.0 Å². The molecule has 0 atom stereocenters. The van der Waals surface area contributed by atoms with E-state index < -0.39 is 0 Å². The van der Waals surface area contributed by atoms with Crippen LogP contribution in [0.15, 0.2) is 46.9 Å². The van der Waals surface area contributed by atoms with Crippen LogP contribution in [0.25, 0.3) is 0 Å². The Hall–Kier alpha value is -1.81. The van der Waals surface area contributed by atoms with Crippen molar-refractivity contribution >= 4 is 33.2 Å². The van der Waals surface area contributed by atoms with E-state index in [-0.39, 0.29) is 5.91 Å². The zero-order valence-corrected chi connectivity index (χ0v) is 13.1. The highest BCUT2D eigenvalue weighted by Gasteiger charge is 2.18. The summed E-state index contributed by atoms with van der Waals surface area (Å²) in [6, 6.07) is 13.2. The second-order valence-electron chi connectivity index (χ2n) is 4.62. The van der Waals surface area contributed by atoms with Gasteiger partial charge in [-0.05, 0) is 49.7 Å². The lowest BCUT2D eigenvalue weighted by atomic mass is 10.1. The molecule has 0 saturated heterocycles. The molecule has 0 unspecified atom stereocenters. The van der Waals surface area contributed by atoms with E-state index in [0.29, 0.717) is 17.8 Å². The third-order valence-corrected chi connectivity index (χ3v) is 3.61. The molecular weight excluding hydrogens is 316 g/mol. The second-order valence-corrected chi connectivity index (χ2v) is 5.54. The zero-order valence-electron chi connectivity index (χ0n) is 11.6. The minimum atomic E-state index is -0.0862. The van der Waals surface area contributed by atoms with Crippen LogP contribution in [0.4, 0.5) is 11.4 Å². The van der Waals surface area contributed by atoms with E-state index >= 15 is 0 Å². The molecule has 0 aliphatic carbocycles. The molecule has 0 spiro atoms. The van der Waals surface area contributed by atoms with Gasteiger partial charge in [0, 0.05) is 22.4 Å². The number of nitrogens with two attached hydrogens (primary N) is 1. The molecule has 0 radical (unpaired) electrons. The van der Waals surface area contributed by atoms with Gasteiger partial charge in [0.25, 0.3) is 5.91 Å². The molecule has 2 aromatic carbocycles. The average Bonchev–Trinajstić information content (AvgIpc) is 2.42. The van der Waals surface area contributed by atoms with Crippen LogP contribution >= 0.6 is 15.9 Å². The summed E-state index contributed by atoms with van der Waals surface area (Å²) in [7, 11) is 0. The summed E-state index contributed by atoms with van der Waals surface area (Å²) in [6.07, 6.45) is 0. The molecule has 2 rings (SSSR count). The van der Waals surface area contributed by atoms with Gasteiger partial charge in [-0.2, -0.15) is 0 Å². The number of carbonyl (C=O) groups excluding carboxylic acids is 1. The molecule has 0 aromatic heterocycles. The van der Waals surface area contributed by atoms with Crippen molar-refractivity contribution in [3.8, 4) is 0 Å². The maximum atomic E-state index is 12.7. The Morgan fingerprint density at radius 3 is 2.65 bits per heavy atom. The van der Waals surface area contributed by atoms with Gasteiger partial charge in [-0.3, -0.25) is 4.79 Å². The lowest BCUT2D eigenvalue weighted by Crippen LogP contribution is -2.31. The Kier molecular flexibility index (Phi) is 4.45. The van der Waals surface area contributed by atoms with Gasteiger partial charge in [-0.1, -0.05) is 28.1 Å². The van der Waals surface area contributed by atoms with Gasteiger partial charge < -0.3 is 10.6 Å². The number of amides is 1. The number of aryl methyl sites for hydroxylation is 1. The van der Waals surface area contributed by atoms with Crippen molar-refractivity contribution in [2.45, 2.75) is 13.8 Å². The Balaban J connectivity index is 2.41. The number of benzene rings is 2. The average molecular weight is 333 g/mol. The van der Waals surface area contributed by atoms with E-state index in [1.807, 2.05) is 44.2 Å². The first-order chi connectivity index (χ1) is 9.52. The maximum Gasteiger partial charge on any atom is 0.260 e. The highest BCUT2D eigenvalue weighted by atomic mass is 79.9. The molecule has 0 bridgehead atoms. The van der Waals surface area contributed by atoms with Crippen LogP contribution in [0, 0.1) is 6.92 Å². The number of hydrogen-bond donors (Lipinski definition) is 1. The lowest BCUT2D eigenvalue weighted by molar-refractivity contribution is 0.0989. The third kappa shape index (κ3) is 3.02. The van der Waals surface area contributed by atoms with Crippen molar-refractivity contribution in [2.75, 3.05) is 17.2 Å². The van der Waals surface area contributed by atoms with Crippen LogP contribution in [0.1, 0.15) is 22.8 Å². The van der Waals surface area contributed by atoms with Crippen LogP contribution < -0.4 is 10.6 Å². The van der Waals surface area contributed by atoms with Gasteiger partial charge in [0.05, 0.1) is 5.56 Å². The first-order valence-electron chi connectivity index (χ1n) is 6.46. The van der Waals surface area contributed by atoms with Gasteiger partial charge in [0.2, 0.25) is 0 Å². The normalized spacial score (nSPS) is 10.3. The van der Waals surface area contributed by atoms with Gasteiger partial charge in [0.1, 0.15) is 0 Å². The van der Waals surface area contributed by atoms with Gasteiger partial charge in [-0.25, -0.2) is 0 Å². The first-order valence-corrected chi connectivity index (χ1v) is 7.25. The summed E-state index contributed by atoms with van der Waals surface area (Å²) in [5.74, 6) is -0.0862. The molecule has 0 heterocycles. The third-order valence-electron chi connectivity index (χ3n) is 3.12. The predicted octanol–water partition coefficient (Wildman–Crippen LogP) is 4.01. The molecule has 2 N–H and O–H groups in total. The number of rotatable bonds is 3. The Labute approximate surface area is 127 Å². The second kappa shape index (κ2) is 6.09. The molecule has 0 saturated carbocycles. The Bertz CT molecular complexity index is 640. The molecule has 0 fully saturated rings. The molecule has 104 valence electrons. The molecule has 20 heavy (non-hydrogen) atoms. The number of carbonyl (C=O) groups is 1. The first kappa shape index (κ1) is 14.6. The topological polar surface area (TPSA) is 46.3 Å². The highest BCUT2D eigenvalue weighted by molar-refractivity contribution is 9.10. The van der Waals surface area contributed by atoms with Crippen LogP contribution in [-0.2, 0) is 0 Å². The fraction of sp³-hybridized carbons (Fsp3) is 0.188. The minimum Gasteiger partial charge on any atom is -0.398 e. The van der Waals surface area contributed by atoms with E-state index in [9.17, 15) is 4.79 Å². The monoisotopic (exact) mass is 332 g/mol. The van der Waals surface area contributed by atoms with E-state index in [1.165, 1.54) is 0 Å². The quantitative estimate of drug-likeness (QED) is 0.863. The van der Waals surface area contributed by atoms with Gasteiger partial charge in [0.15, 0.2) is 0 Å². The van der Waals surface area contributed by atoms with Crippen LogP contribution in [0.3, 0.4) is 0 Å². The standard InChI is InChI=1S/C16H17BrN2O/c1-3-19(13-6-4-5-11(2)9-13)16(20)14-10-12(17)7-8-15(14)18/h4-10H,3,18H2,1-2H3. The Morgan fingerprint density at radius 2 is 2.00 bits per heavy atom. The smallest absolute Gasteiger partial charge is 0.260 e. The molecular formula is C16H17BrN2O. The van der Waals surface area contributed by atoms with Gasteiger partial charge in [-0.15, -0.1) is 0 Å². The fourth-order valence-electron chi connectivity index (χ4n) is 2.10. The molecule has 0 aliphatic rings.